The molecule has 0 radical (unpaired) electrons. The molecule has 1 aliphatic rings. The molecule has 22 heavy (non-hydrogen) atoms. The lowest BCUT2D eigenvalue weighted by Gasteiger charge is -2.10. The fraction of sp³-hybridized carbons (Fsp3) is 0.357. The van der Waals surface area contributed by atoms with Crippen LogP contribution in [0, 0.1) is 10.1 Å². The molecule has 0 spiro atoms. The Balaban J connectivity index is 1.92. The van der Waals surface area contributed by atoms with Crippen LogP contribution < -0.4 is 10.1 Å². The van der Waals surface area contributed by atoms with Crippen LogP contribution in [0.4, 0.5) is 11.5 Å². The molecule has 0 saturated heterocycles. The van der Waals surface area contributed by atoms with Crippen molar-refractivity contribution >= 4 is 11.5 Å². The average Bonchev–Trinajstić information content (AvgIpc) is 3.37. The van der Waals surface area contributed by atoms with Gasteiger partial charge in [0.2, 0.25) is 5.82 Å². The van der Waals surface area contributed by atoms with Crippen molar-refractivity contribution in [2.24, 2.45) is 0 Å². The van der Waals surface area contributed by atoms with Crippen molar-refractivity contribution in [1.82, 2.24) is 15.0 Å². The van der Waals surface area contributed by atoms with Gasteiger partial charge in [0, 0.05) is 24.9 Å². The molecule has 2 aromatic rings. The van der Waals surface area contributed by atoms with Gasteiger partial charge in [-0.25, -0.2) is 4.98 Å². The van der Waals surface area contributed by atoms with Crippen molar-refractivity contribution in [2.45, 2.75) is 25.3 Å². The van der Waals surface area contributed by atoms with Crippen molar-refractivity contribution in [2.75, 3.05) is 12.4 Å². The topological polar surface area (TPSA) is 103 Å². The van der Waals surface area contributed by atoms with Crippen LogP contribution in [0.2, 0.25) is 0 Å². The fourth-order valence-corrected chi connectivity index (χ4v) is 2.09. The molecule has 0 unspecified atom stereocenters. The summed E-state index contributed by atoms with van der Waals surface area (Å²) in [5.41, 5.74) is 0.665. The zero-order valence-corrected chi connectivity index (χ0v) is 12.0. The highest BCUT2D eigenvalue weighted by atomic mass is 16.6. The van der Waals surface area contributed by atoms with Gasteiger partial charge in [-0.2, -0.15) is 4.98 Å². The first kappa shape index (κ1) is 14.2. The number of hydrogen-bond acceptors (Lipinski definition) is 7. The van der Waals surface area contributed by atoms with Gasteiger partial charge >= 0.3 is 5.69 Å². The van der Waals surface area contributed by atoms with E-state index < -0.39 is 4.92 Å². The summed E-state index contributed by atoms with van der Waals surface area (Å²) in [6.45, 7) is 0.388. The third-order valence-corrected chi connectivity index (χ3v) is 3.37. The van der Waals surface area contributed by atoms with Gasteiger partial charge in [-0.1, -0.05) is 6.07 Å². The Morgan fingerprint density at radius 3 is 2.86 bits per heavy atom. The number of hydrogen-bond donors (Lipinski definition) is 1. The van der Waals surface area contributed by atoms with E-state index >= 15 is 0 Å². The molecule has 2 heterocycles. The molecular weight excluding hydrogens is 286 g/mol. The van der Waals surface area contributed by atoms with E-state index in [1.807, 2.05) is 12.1 Å². The second kappa shape index (κ2) is 5.92. The monoisotopic (exact) mass is 301 g/mol. The summed E-state index contributed by atoms with van der Waals surface area (Å²) in [4.78, 5) is 23.3. The zero-order valence-electron chi connectivity index (χ0n) is 12.0. The molecule has 0 bridgehead atoms. The highest BCUT2D eigenvalue weighted by Crippen LogP contribution is 2.41. The molecule has 0 amide bonds. The number of pyridine rings is 1. The highest BCUT2D eigenvalue weighted by molar-refractivity contribution is 5.62. The lowest BCUT2D eigenvalue weighted by atomic mass is 10.3. The Hall–Kier alpha value is -2.77. The Labute approximate surface area is 126 Å². The van der Waals surface area contributed by atoms with E-state index in [1.54, 1.807) is 12.4 Å². The van der Waals surface area contributed by atoms with Crippen molar-refractivity contribution < 1.29 is 9.66 Å². The van der Waals surface area contributed by atoms with E-state index in [0.29, 0.717) is 12.4 Å². The summed E-state index contributed by atoms with van der Waals surface area (Å²) < 4.78 is 5.07. The van der Waals surface area contributed by atoms with Gasteiger partial charge in [-0.15, -0.1) is 0 Å². The van der Waals surface area contributed by atoms with Gasteiger partial charge < -0.3 is 10.1 Å². The second-order valence-electron chi connectivity index (χ2n) is 5.03. The van der Waals surface area contributed by atoms with Crippen LogP contribution >= 0.6 is 0 Å². The summed E-state index contributed by atoms with van der Waals surface area (Å²) >= 11 is 0. The van der Waals surface area contributed by atoms with Gasteiger partial charge in [0.25, 0.3) is 5.88 Å². The smallest absolute Gasteiger partial charge is 0.372 e. The first-order chi connectivity index (χ1) is 10.7. The van der Waals surface area contributed by atoms with Crippen LogP contribution in [-0.2, 0) is 6.54 Å². The number of rotatable bonds is 6. The van der Waals surface area contributed by atoms with Gasteiger partial charge in [-0.05, 0) is 24.5 Å². The third-order valence-electron chi connectivity index (χ3n) is 3.37. The van der Waals surface area contributed by atoms with Crippen LogP contribution in [0.1, 0.15) is 30.1 Å². The quantitative estimate of drug-likeness (QED) is 0.644. The summed E-state index contributed by atoms with van der Waals surface area (Å²) in [5.74, 6) is 1.04. The van der Waals surface area contributed by atoms with Crippen molar-refractivity contribution in [3.63, 3.8) is 0 Å². The van der Waals surface area contributed by atoms with Gasteiger partial charge in [0.1, 0.15) is 5.82 Å². The Morgan fingerprint density at radius 1 is 1.45 bits per heavy atom. The number of nitrogens with zero attached hydrogens (tertiary/aromatic N) is 4. The van der Waals surface area contributed by atoms with E-state index in [9.17, 15) is 10.1 Å². The number of anilines is 1. The normalized spacial score (nSPS) is 13.7. The summed E-state index contributed by atoms with van der Waals surface area (Å²) in [6, 6.07) is 3.69. The molecule has 1 N–H and O–H groups in total. The van der Waals surface area contributed by atoms with E-state index in [4.69, 9.17) is 4.74 Å². The Kier molecular flexibility index (Phi) is 3.82. The van der Waals surface area contributed by atoms with Crippen LogP contribution in [0.3, 0.4) is 0 Å². The molecule has 1 saturated carbocycles. The molecule has 1 aliphatic carbocycles. The minimum absolute atomic E-state index is 0.00409. The molecule has 3 rings (SSSR count). The van der Waals surface area contributed by atoms with Crippen LogP contribution in [0.15, 0.2) is 24.5 Å². The van der Waals surface area contributed by atoms with Crippen molar-refractivity contribution in [3.8, 4) is 5.88 Å². The summed E-state index contributed by atoms with van der Waals surface area (Å²) in [5, 5.41) is 14.3. The van der Waals surface area contributed by atoms with Gasteiger partial charge in [0.05, 0.1) is 12.0 Å². The Bertz CT molecular complexity index is 688. The minimum Gasteiger partial charge on any atom is -0.476 e. The van der Waals surface area contributed by atoms with E-state index in [2.05, 4.69) is 20.3 Å². The number of ether oxygens (including phenoxy) is 1. The molecule has 8 heteroatoms. The summed E-state index contributed by atoms with van der Waals surface area (Å²) in [6.07, 6.45) is 5.37. The van der Waals surface area contributed by atoms with E-state index in [-0.39, 0.29) is 23.3 Å². The molecule has 8 nitrogen and oxygen atoms in total. The van der Waals surface area contributed by atoms with E-state index in [0.717, 1.165) is 18.4 Å². The highest BCUT2D eigenvalue weighted by Gasteiger charge is 2.32. The molecular formula is C14H15N5O3. The third kappa shape index (κ3) is 2.95. The van der Waals surface area contributed by atoms with Crippen molar-refractivity contribution in [1.29, 1.82) is 0 Å². The first-order valence-corrected chi connectivity index (χ1v) is 6.92. The SMILES string of the molecule is COc1nc(C2CC2)nc(NCc2cccnc2)c1[N+](=O)[O-]. The number of aromatic nitrogens is 3. The number of nitrogens with one attached hydrogen (secondary N) is 1. The molecule has 2 aromatic heterocycles. The average molecular weight is 301 g/mol. The lowest BCUT2D eigenvalue weighted by molar-refractivity contribution is -0.385. The number of nitro groups is 1. The largest absolute Gasteiger partial charge is 0.476 e. The first-order valence-electron chi connectivity index (χ1n) is 6.92. The minimum atomic E-state index is -0.527. The van der Waals surface area contributed by atoms with Crippen molar-refractivity contribution in [3.05, 3.63) is 46.0 Å². The maximum atomic E-state index is 11.3. The lowest BCUT2D eigenvalue weighted by Crippen LogP contribution is -2.09. The molecule has 1 fully saturated rings. The van der Waals surface area contributed by atoms with Crippen LogP contribution in [0.25, 0.3) is 0 Å². The van der Waals surface area contributed by atoms with Gasteiger partial charge in [0.15, 0.2) is 0 Å². The molecule has 0 aliphatic heterocycles. The molecule has 0 aromatic carbocycles. The molecule has 0 atom stereocenters. The maximum Gasteiger partial charge on any atom is 0.372 e. The second-order valence-corrected chi connectivity index (χ2v) is 5.03. The fourth-order valence-electron chi connectivity index (χ4n) is 2.09. The van der Waals surface area contributed by atoms with Crippen LogP contribution in [0.5, 0.6) is 5.88 Å². The standard InChI is InChI=1S/C14H15N5O3/c1-22-14-11(19(20)21)13(17-12(18-14)10-4-5-10)16-8-9-3-2-6-15-7-9/h2-3,6-7,10H,4-5,8H2,1H3,(H,16,17,18). The summed E-state index contributed by atoms with van der Waals surface area (Å²) in [7, 11) is 1.37. The Morgan fingerprint density at radius 2 is 2.27 bits per heavy atom. The van der Waals surface area contributed by atoms with E-state index in [1.165, 1.54) is 7.11 Å². The maximum absolute atomic E-state index is 11.3. The molecule has 114 valence electrons. The van der Waals surface area contributed by atoms with Crippen LogP contribution in [-0.4, -0.2) is 27.0 Å². The zero-order chi connectivity index (χ0) is 15.5. The predicted molar refractivity (Wildman–Crippen MR) is 78.8 cm³/mol. The number of methoxy groups -OCH3 is 1. The van der Waals surface area contributed by atoms with Gasteiger partial charge in [-0.3, -0.25) is 15.1 Å². The predicted octanol–water partition coefficient (Wildman–Crippen LogP) is 2.28.